The number of nitrogens with zero attached hydrogens (tertiary/aromatic N) is 1. The van der Waals surface area contributed by atoms with E-state index in [4.69, 9.17) is 4.74 Å². The lowest BCUT2D eigenvalue weighted by molar-refractivity contribution is 0.193. The van der Waals surface area contributed by atoms with Crippen LogP contribution in [-0.4, -0.2) is 31.8 Å². The first-order chi connectivity index (χ1) is 9.38. The zero-order valence-electron chi connectivity index (χ0n) is 12.9. The van der Waals surface area contributed by atoms with Gasteiger partial charge in [-0.05, 0) is 39.3 Å². The molecule has 1 aliphatic rings. The van der Waals surface area contributed by atoms with E-state index in [-0.39, 0.29) is 11.4 Å². The van der Waals surface area contributed by atoms with Crippen LogP contribution in [0.5, 0.6) is 0 Å². The van der Waals surface area contributed by atoms with Crippen LogP contribution in [0, 0.1) is 5.82 Å². The van der Waals surface area contributed by atoms with E-state index in [0.717, 1.165) is 30.9 Å². The number of likely N-dealkylation sites (N-methyl/N-ethyl adjacent to an activating group) is 1. The predicted octanol–water partition coefficient (Wildman–Crippen LogP) is 2.94. The van der Waals surface area contributed by atoms with Crippen molar-refractivity contribution < 1.29 is 9.13 Å². The van der Waals surface area contributed by atoms with Gasteiger partial charge in [0.25, 0.3) is 0 Å². The Kier molecular flexibility index (Phi) is 4.66. The van der Waals surface area contributed by atoms with Crippen molar-refractivity contribution in [2.45, 2.75) is 45.3 Å². The van der Waals surface area contributed by atoms with E-state index in [1.807, 2.05) is 13.1 Å². The third kappa shape index (κ3) is 3.70. The van der Waals surface area contributed by atoms with Crippen molar-refractivity contribution in [3.8, 4) is 0 Å². The number of benzene rings is 1. The molecular weight excluding hydrogens is 255 g/mol. The van der Waals surface area contributed by atoms with Crippen LogP contribution in [-0.2, 0) is 11.3 Å². The fourth-order valence-corrected chi connectivity index (χ4v) is 2.43. The van der Waals surface area contributed by atoms with Gasteiger partial charge in [0.1, 0.15) is 5.82 Å². The Morgan fingerprint density at radius 1 is 1.40 bits per heavy atom. The third-order valence-corrected chi connectivity index (χ3v) is 3.72. The maximum absolute atomic E-state index is 14.2. The van der Waals surface area contributed by atoms with Crippen LogP contribution in [0.15, 0.2) is 18.2 Å². The van der Waals surface area contributed by atoms with E-state index in [1.54, 1.807) is 6.07 Å². The second-order valence-corrected chi connectivity index (χ2v) is 6.47. The molecule has 1 unspecified atom stereocenters. The lowest BCUT2D eigenvalue weighted by Crippen LogP contribution is -2.37. The predicted molar refractivity (Wildman–Crippen MR) is 80.6 cm³/mol. The second kappa shape index (κ2) is 6.10. The van der Waals surface area contributed by atoms with Gasteiger partial charge >= 0.3 is 0 Å². The number of halogens is 1. The molecule has 1 atom stereocenters. The number of rotatable bonds is 4. The molecule has 0 saturated carbocycles. The summed E-state index contributed by atoms with van der Waals surface area (Å²) in [5, 5.41) is 3.37. The fraction of sp³-hybridized carbons (Fsp3) is 0.625. The zero-order valence-corrected chi connectivity index (χ0v) is 12.9. The van der Waals surface area contributed by atoms with Crippen LogP contribution in [0.25, 0.3) is 0 Å². The van der Waals surface area contributed by atoms with E-state index < -0.39 is 0 Å². The van der Waals surface area contributed by atoms with Crippen LogP contribution < -0.4 is 10.2 Å². The summed E-state index contributed by atoms with van der Waals surface area (Å²) in [7, 11) is 2.02. The molecule has 0 radical (unpaired) electrons. The van der Waals surface area contributed by atoms with Crippen molar-refractivity contribution in [3.05, 3.63) is 29.6 Å². The van der Waals surface area contributed by atoms with E-state index >= 15 is 0 Å². The van der Waals surface area contributed by atoms with Crippen LogP contribution in [0.2, 0.25) is 0 Å². The summed E-state index contributed by atoms with van der Waals surface area (Å²) in [6.45, 7) is 8.30. The summed E-state index contributed by atoms with van der Waals surface area (Å²) in [6.07, 6.45) is 0.999. The molecule has 4 heteroatoms. The Morgan fingerprint density at radius 3 is 2.75 bits per heavy atom. The van der Waals surface area contributed by atoms with Gasteiger partial charge in [0.05, 0.1) is 12.6 Å². The van der Waals surface area contributed by atoms with Gasteiger partial charge in [0, 0.05) is 37.0 Å². The van der Waals surface area contributed by atoms with Crippen molar-refractivity contribution in [2.24, 2.45) is 0 Å². The highest BCUT2D eigenvalue weighted by Crippen LogP contribution is 2.26. The molecule has 20 heavy (non-hydrogen) atoms. The van der Waals surface area contributed by atoms with E-state index in [1.165, 1.54) is 6.07 Å². The van der Waals surface area contributed by atoms with Crippen LogP contribution >= 0.6 is 0 Å². The van der Waals surface area contributed by atoms with Gasteiger partial charge in [0.15, 0.2) is 0 Å². The van der Waals surface area contributed by atoms with Crippen LogP contribution in [0.4, 0.5) is 10.1 Å². The Balaban J connectivity index is 2.21. The van der Waals surface area contributed by atoms with Crippen molar-refractivity contribution in [1.29, 1.82) is 0 Å². The van der Waals surface area contributed by atoms with Crippen molar-refractivity contribution >= 4 is 5.69 Å². The van der Waals surface area contributed by atoms with Crippen molar-refractivity contribution in [2.75, 3.05) is 25.2 Å². The molecule has 0 aliphatic carbocycles. The SMILES string of the molecule is CN(c1cccc(F)c1CNC(C)(C)C)C1CCOC1. The highest BCUT2D eigenvalue weighted by atomic mass is 19.1. The topological polar surface area (TPSA) is 24.5 Å². The third-order valence-electron chi connectivity index (χ3n) is 3.72. The monoisotopic (exact) mass is 280 g/mol. The molecule has 1 aromatic carbocycles. The molecule has 112 valence electrons. The number of ether oxygens (including phenoxy) is 1. The quantitative estimate of drug-likeness (QED) is 0.917. The summed E-state index contributed by atoms with van der Waals surface area (Å²) < 4.78 is 19.6. The van der Waals surface area contributed by atoms with Crippen molar-refractivity contribution in [1.82, 2.24) is 5.32 Å². The van der Waals surface area contributed by atoms with Gasteiger partial charge in [0.2, 0.25) is 0 Å². The molecular formula is C16H25FN2O. The minimum atomic E-state index is -0.148. The first kappa shape index (κ1) is 15.3. The largest absolute Gasteiger partial charge is 0.379 e. The van der Waals surface area contributed by atoms with Crippen LogP contribution in [0.3, 0.4) is 0 Å². The summed E-state index contributed by atoms with van der Waals surface area (Å²) in [5.41, 5.74) is 1.66. The molecule has 1 N–H and O–H groups in total. The number of nitrogens with one attached hydrogen (secondary N) is 1. The van der Waals surface area contributed by atoms with Gasteiger partial charge in [-0.2, -0.15) is 0 Å². The number of hydrogen-bond donors (Lipinski definition) is 1. The molecule has 1 aromatic rings. The summed E-state index contributed by atoms with van der Waals surface area (Å²) >= 11 is 0. The Labute approximate surface area is 121 Å². The van der Waals surface area contributed by atoms with E-state index in [9.17, 15) is 4.39 Å². The maximum Gasteiger partial charge on any atom is 0.129 e. The highest BCUT2D eigenvalue weighted by molar-refractivity contribution is 5.54. The Morgan fingerprint density at radius 2 is 2.15 bits per heavy atom. The molecule has 2 rings (SSSR count). The highest BCUT2D eigenvalue weighted by Gasteiger charge is 2.23. The first-order valence-electron chi connectivity index (χ1n) is 7.21. The standard InChI is InChI=1S/C16H25FN2O/c1-16(2,3)18-10-13-14(17)6-5-7-15(13)19(4)12-8-9-20-11-12/h5-7,12,18H,8-11H2,1-4H3. The fourth-order valence-electron chi connectivity index (χ4n) is 2.43. The van der Waals surface area contributed by atoms with Gasteiger partial charge < -0.3 is 15.0 Å². The average Bonchev–Trinajstić information content (AvgIpc) is 2.89. The molecule has 0 bridgehead atoms. The molecule has 1 saturated heterocycles. The number of hydrogen-bond acceptors (Lipinski definition) is 3. The maximum atomic E-state index is 14.2. The first-order valence-corrected chi connectivity index (χ1v) is 7.21. The summed E-state index contributed by atoms with van der Waals surface area (Å²) in [4.78, 5) is 2.15. The lowest BCUT2D eigenvalue weighted by Gasteiger charge is -2.29. The Hall–Kier alpha value is -1.13. The second-order valence-electron chi connectivity index (χ2n) is 6.47. The average molecular weight is 280 g/mol. The normalized spacial score (nSPS) is 19.4. The molecule has 1 fully saturated rings. The summed E-state index contributed by atoms with van der Waals surface area (Å²) in [6, 6.07) is 5.63. The molecule has 1 aliphatic heterocycles. The van der Waals surface area contributed by atoms with E-state index in [0.29, 0.717) is 12.6 Å². The zero-order chi connectivity index (χ0) is 14.8. The number of anilines is 1. The Bertz CT molecular complexity index is 450. The minimum absolute atomic E-state index is 0.0331. The van der Waals surface area contributed by atoms with Gasteiger partial charge in [-0.1, -0.05) is 6.07 Å². The molecule has 0 spiro atoms. The molecule has 0 aromatic heterocycles. The van der Waals surface area contributed by atoms with Gasteiger partial charge in [-0.15, -0.1) is 0 Å². The van der Waals surface area contributed by atoms with Crippen LogP contribution in [0.1, 0.15) is 32.8 Å². The van der Waals surface area contributed by atoms with E-state index in [2.05, 4.69) is 31.0 Å². The smallest absolute Gasteiger partial charge is 0.129 e. The molecule has 3 nitrogen and oxygen atoms in total. The van der Waals surface area contributed by atoms with Gasteiger partial charge in [-0.3, -0.25) is 0 Å². The minimum Gasteiger partial charge on any atom is -0.379 e. The summed E-state index contributed by atoms with van der Waals surface area (Å²) in [5.74, 6) is -0.148. The molecule has 1 heterocycles. The van der Waals surface area contributed by atoms with Crippen molar-refractivity contribution in [3.63, 3.8) is 0 Å². The lowest BCUT2D eigenvalue weighted by atomic mass is 10.1. The van der Waals surface area contributed by atoms with Gasteiger partial charge in [-0.25, -0.2) is 4.39 Å². The molecule has 0 amide bonds.